The number of carbonyl (C=O) groups is 1. The minimum Gasteiger partial charge on any atom is -0.457 e. The van der Waals surface area contributed by atoms with Gasteiger partial charge in [-0.25, -0.2) is 4.98 Å². The summed E-state index contributed by atoms with van der Waals surface area (Å²) >= 11 is 1.55. The van der Waals surface area contributed by atoms with Gasteiger partial charge in [-0.05, 0) is 80.4 Å². The molecule has 2 aromatic heterocycles. The topological polar surface area (TPSA) is 69.0 Å². The van der Waals surface area contributed by atoms with Crippen molar-refractivity contribution < 1.29 is 9.53 Å². The number of carbonyl (C=O) groups excluding carboxylic acids is 1. The summed E-state index contributed by atoms with van der Waals surface area (Å²) in [6.45, 7) is 6.06. The van der Waals surface area contributed by atoms with Crippen molar-refractivity contribution in [1.82, 2.24) is 14.8 Å². The molecule has 7 heteroatoms. The van der Waals surface area contributed by atoms with Crippen molar-refractivity contribution in [3.63, 3.8) is 0 Å². The van der Waals surface area contributed by atoms with E-state index in [0.717, 1.165) is 21.7 Å². The minimum atomic E-state index is -0.227. The normalized spacial score (nSPS) is 11.0. The maximum Gasteiger partial charge on any atom is 0.256 e. The van der Waals surface area contributed by atoms with Crippen LogP contribution in [0.15, 0.2) is 72.8 Å². The molecule has 3 aromatic carbocycles. The Morgan fingerprint density at radius 1 is 0.909 bits per heavy atom. The number of rotatable bonds is 5. The molecule has 0 atom stereocenters. The summed E-state index contributed by atoms with van der Waals surface area (Å²) < 4.78 is 8.58. The van der Waals surface area contributed by atoms with Crippen molar-refractivity contribution in [2.75, 3.05) is 5.32 Å². The zero-order chi connectivity index (χ0) is 22.9. The number of amides is 1. The van der Waals surface area contributed by atoms with Crippen LogP contribution < -0.4 is 10.1 Å². The fraction of sp³-hybridized carbons (Fsp3) is 0.115. The number of hydrogen-bond acceptors (Lipinski definition) is 5. The van der Waals surface area contributed by atoms with Crippen LogP contribution in [0.25, 0.3) is 15.3 Å². The lowest BCUT2D eigenvalue weighted by atomic mass is 10.1. The Balaban J connectivity index is 1.37. The Bertz CT molecular complexity index is 1410. The molecule has 1 amide bonds. The van der Waals surface area contributed by atoms with Crippen LogP contribution in [0.4, 0.5) is 5.82 Å². The number of fused-ring (bicyclic) bond motifs is 1. The first-order valence-electron chi connectivity index (χ1n) is 10.6. The lowest BCUT2D eigenvalue weighted by Crippen LogP contribution is -2.15. The fourth-order valence-corrected chi connectivity index (χ4v) is 4.49. The van der Waals surface area contributed by atoms with Gasteiger partial charge in [0.25, 0.3) is 5.91 Å². The van der Waals surface area contributed by atoms with Gasteiger partial charge in [0.1, 0.15) is 17.3 Å². The molecular formula is C26H22N4O2S. The maximum atomic E-state index is 12.9. The molecule has 0 aliphatic heterocycles. The van der Waals surface area contributed by atoms with Crippen LogP contribution in [0, 0.1) is 20.8 Å². The number of benzene rings is 3. The number of thiazole rings is 1. The molecule has 0 fully saturated rings. The highest BCUT2D eigenvalue weighted by atomic mass is 32.1. The molecular weight excluding hydrogens is 432 g/mol. The predicted octanol–water partition coefficient (Wildman–Crippen LogP) is 6.45. The van der Waals surface area contributed by atoms with Crippen molar-refractivity contribution in [2.24, 2.45) is 0 Å². The summed E-state index contributed by atoms with van der Waals surface area (Å²) in [5.74, 6) is 1.76. The third-order valence-corrected chi connectivity index (χ3v) is 6.34. The quantitative estimate of drug-likeness (QED) is 0.331. The number of aromatic nitrogens is 3. The molecule has 6 nitrogen and oxygen atoms in total. The summed E-state index contributed by atoms with van der Waals surface area (Å²) in [4.78, 5) is 17.7. The van der Waals surface area contributed by atoms with Crippen molar-refractivity contribution in [1.29, 1.82) is 0 Å². The molecule has 0 aliphatic rings. The SMILES string of the molecule is Cc1cc(NC(=O)c2ccc(Oc3ccccc3)cc2)n(-c2nc3cc(C)c(C)cc3s2)n1. The van der Waals surface area contributed by atoms with Crippen LogP contribution in [-0.2, 0) is 0 Å². The second-order valence-electron chi connectivity index (χ2n) is 7.88. The van der Waals surface area contributed by atoms with Crippen LogP contribution in [0.5, 0.6) is 11.5 Å². The lowest BCUT2D eigenvalue weighted by Gasteiger charge is -2.08. The Labute approximate surface area is 195 Å². The van der Waals surface area contributed by atoms with Crippen molar-refractivity contribution in [2.45, 2.75) is 20.8 Å². The van der Waals surface area contributed by atoms with E-state index in [9.17, 15) is 4.79 Å². The van der Waals surface area contributed by atoms with Gasteiger partial charge in [-0.2, -0.15) is 9.78 Å². The second-order valence-corrected chi connectivity index (χ2v) is 8.89. The molecule has 0 spiro atoms. The smallest absolute Gasteiger partial charge is 0.256 e. The molecule has 0 bridgehead atoms. The van der Waals surface area contributed by atoms with E-state index in [2.05, 4.69) is 36.4 Å². The Hall–Kier alpha value is -3.97. The Morgan fingerprint density at radius 3 is 2.36 bits per heavy atom. The van der Waals surface area contributed by atoms with Gasteiger partial charge in [0.15, 0.2) is 0 Å². The largest absolute Gasteiger partial charge is 0.457 e. The summed E-state index contributed by atoms with van der Waals surface area (Å²) in [6.07, 6.45) is 0. The first kappa shape index (κ1) is 20.9. The van der Waals surface area contributed by atoms with Crippen LogP contribution in [-0.4, -0.2) is 20.7 Å². The summed E-state index contributed by atoms with van der Waals surface area (Å²) in [5.41, 5.74) is 4.67. The van der Waals surface area contributed by atoms with Crippen molar-refractivity contribution >= 4 is 33.3 Å². The molecule has 1 N–H and O–H groups in total. The van der Waals surface area contributed by atoms with Gasteiger partial charge in [-0.3, -0.25) is 4.79 Å². The highest BCUT2D eigenvalue weighted by Crippen LogP contribution is 2.29. The monoisotopic (exact) mass is 454 g/mol. The fourth-order valence-electron chi connectivity index (χ4n) is 3.48. The Morgan fingerprint density at radius 2 is 1.61 bits per heavy atom. The molecule has 164 valence electrons. The molecule has 0 unspecified atom stereocenters. The van der Waals surface area contributed by atoms with Gasteiger partial charge in [-0.15, -0.1) is 0 Å². The first-order valence-corrected chi connectivity index (χ1v) is 11.4. The highest BCUT2D eigenvalue weighted by Gasteiger charge is 2.16. The third-order valence-electron chi connectivity index (χ3n) is 5.34. The van der Waals surface area contributed by atoms with Crippen LogP contribution >= 0.6 is 11.3 Å². The van der Waals surface area contributed by atoms with Gasteiger partial charge < -0.3 is 10.1 Å². The average molecular weight is 455 g/mol. The molecule has 5 aromatic rings. The van der Waals surface area contributed by atoms with E-state index in [0.29, 0.717) is 22.3 Å². The highest BCUT2D eigenvalue weighted by molar-refractivity contribution is 7.20. The van der Waals surface area contributed by atoms with Crippen LogP contribution in [0.3, 0.4) is 0 Å². The third kappa shape index (κ3) is 4.36. The van der Waals surface area contributed by atoms with E-state index >= 15 is 0 Å². The van der Waals surface area contributed by atoms with Gasteiger partial charge in [0.05, 0.1) is 15.9 Å². The van der Waals surface area contributed by atoms with Crippen molar-refractivity contribution in [3.8, 4) is 16.6 Å². The minimum absolute atomic E-state index is 0.227. The number of anilines is 1. The molecule has 5 rings (SSSR count). The number of aryl methyl sites for hydroxylation is 3. The second kappa shape index (κ2) is 8.52. The van der Waals surface area contributed by atoms with E-state index in [4.69, 9.17) is 9.72 Å². The van der Waals surface area contributed by atoms with E-state index in [-0.39, 0.29) is 5.91 Å². The zero-order valence-corrected chi connectivity index (χ0v) is 19.3. The molecule has 0 saturated carbocycles. The summed E-state index contributed by atoms with van der Waals surface area (Å²) in [5, 5.41) is 8.24. The maximum absolute atomic E-state index is 12.9. The molecule has 2 heterocycles. The summed E-state index contributed by atoms with van der Waals surface area (Å²) in [7, 11) is 0. The summed E-state index contributed by atoms with van der Waals surface area (Å²) in [6, 6.07) is 22.6. The number of nitrogens with zero attached hydrogens (tertiary/aromatic N) is 3. The molecule has 0 radical (unpaired) electrons. The lowest BCUT2D eigenvalue weighted by molar-refractivity contribution is 0.102. The number of hydrogen-bond donors (Lipinski definition) is 1. The average Bonchev–Trinajstić information content (AvgIpc) is 3.37. The Kier molecular flexibility index (Phi) is 5.40. The molecule has 0 aliphatic carbocycles. The predicted molar refractivity (Wildman–Crippen MR) is 132 cm³/mol. The van der Waals surface area contributed by atoms with Gasteiger partial charge in [0.2, 0.25) is 5.13 Å². The van der Waals surface area contributed by atoms with E-state index in [1.807, 2.05) is 43.3 Å². The van der Waals surface area contributed by atoms with E-state index in [1.54, 1.807) is 40.3 Å². The molecule has 0 saturated heterocycles. The van der Waals surface area contributed by atoms with Crippen molar-refractivity contribution in [3.05, 3.63) is 95.2 Å². The molecule has 33 heavy (non-hydrogen) atoms. The van der Waals surface area contributed by atoms with E-state index < -0.39 is 0 Å². The number of ether oxygens (including phenoxy) is 1. The van der Waals surface area contributed by atoms with Crippen LogP contribution in [0.1, 0.15) is 27.2 Å². The zero-order valence-electron chi connectivity index (χ0n) is 18.5. The van der Waals surface area contributed by atoms with E-state index in [1.165, 1.54) is 11.1 Å². The number of para-hydroxylation sites is 1. The standard InChI is InChI=1S/C26H22N4O2S/c1-16-13-22-23(14-17(16)2)33-26(27-22)30-24(15-18(3)29-30)28-25(31)19-9-11-21(12-10-19)32-20-7-5-4-6-8-20/h4-15H,1-3H3,(H,28,31). The van der Waals surface area contributed by atoms with Gasteiger partial charge in [-0.1, -0.05) is 29.5 Å². The van der Waals surface area contributed by atoms with Gasteiger partial charge in [0, 0.05) is 11.6 Å². The first-order chi connectivity index (χ1) is 16.0. The number of nitrogens with one attached hydrogen (secondary N) is 1. The van der Waals surface area contributed by atoms with Crippen LogP contribution in [0.2, 0.25) is 0 Å². The van der Waals surface area contributed by atoms with Gasteiger partial charge >= 0.3 is 0 Å².